The van der Waals surface area contributed by atoms with Gasteiger partial charge >= 0.3 is 0 Å². The van der Waals surface area contributed by atoms with Crippen molar-refractivity contribution in [2.75, 3.05) is 27.2 Å². The highest BCUT2D eigenvalue weighted by molar-refractivity contribution is 5.78. The number of carbonyl (C=O) groups excluding carboxylic acids is 1. The summed E-state index contributed by atoms with van der Waals surface area (Å²) in [6, 6.07) is 6.20. The van der Waals surface area contributed by atoms with Crippen LogP contribution in [0.3, 0.4) is 0 Å². The van der Waals surface area contributed by atoms with Gasteiger partial charge in [-0.15, -0.1) is 0 Å². The van der Waals surface area contributed by atoms with Gasteiger partial charge in [0.15, 0.2) is 0 Å². The van der Waals surface area contributed by atoms with Crippen LogP contribution in [0.15, 0.2) is 18.2 Å². The van der Waals surface area contributed by atoms with E-state index >= 15 is 0 Å². The Labute approximate surface area is 126 Å². The second-order valence-electron chi connectivity index (χ2n) is 5.51. The topological polar surface area (TPSA) is 67.6 Å². The summed E-state index contributed by atoms with van der Waals surface area (Å²) in [7, 11) is 3.38. The predicted octanol–water partition coefficient (Wildman–Crippen LogP) is 1.11. The number of nitrogens with two attached hydrogens (primary N) is 1. The van der Waals surface area contributed by atoms with Gasteiger partial charge < -0.3 is 15.8 Å². The van der Waals surface area contributed by atoms with Gasteiger partial charge in [-0.05, 0) is 37.6 Å². The predicted molar refractivity (Wildman–Crippen MR) is 83.0 cm³/mol. The van der Waals surface area contributed by atoms with Gasteiger partial charge in [0.1, 0.15) is 5.75 Å². The molecule has 0 unspecified atom stereocenters. The van der Waals surface area contributed by atoms with Crippen LogP contribution in [0.5, 0.6) is 5.75 Å². The summed E-state index contributed by atoms with van der Waals surface area (Å²) in [5, 5.41) is 2.74. The highest BCUT2D eigenvalue weighted by Crippen LogP contribution is 2.23. The lowest BCUT2D eigenvalue weighted by Crippen LogP contribution is -2.39. The van der Waals surface area contributed by atoms with Crippen molar-refractivity contribution in [1.82, 2.24) is 10.2 Å². The molecule has 21 heavy (non-hydrogen) atoms. The molecule has 1 aromatic carbocycles. The number of nitrogens with zero attached hydrogens (tertiary/aromatic N) is 1. The molecule has 0 atom stereocenters. The second kappa shape index (κ2) is 7.43. The van der Waals surface area contributed by atoms with E-state index in [0.717, 1.165) is 43.8 Å². The third-order valence-electron chi connectivity index (χ3n) is 4.18. The molecule has 0 radical (unpaired) electrons. The number of nitrogens with one attached hydrogen (secondary N) is 1. The molecule has 0 saturated carbocycles. The van der Waals surface area contributed by atoms with Crippen LogP contribution < -0.4 is 15.8 Å². The Kier molecular flexibility index (Phi) is 5.59. The van der Waals surface area contributed by atoms with E-state index in [1.807, 2.05) is 6.07 Å². The van der Waals surface area contributed by atoms with Crippen molar-refractivity contribution in [3.63, 3.8) is 0 Å². The molecule has 0 aromatic heterocycles. The Morgan fingerprint density at radius 2 is 2.14 bits per heavy atom. The number of hydrogen-bond donors (Lipinski definition) is 2. The first-order chi connectivity index (χ1) is 10.2. The van der Waals surface area contributed by atoms with Gasteiger partial charge in [-0.2, -0.15) is 0 Å². The fourth-order valence-electron chi connectivity index (χ4n) is 2.87. The summed E-state index contributed by atoms with van der Waals surface area (Å²) >= 11 is 0. The van der Waals surface area contributed by atoms with Crippen LogP contribution in [0, 0.1) is 5.92 Å². The number of amides is 1. The van der Waals surface area contributed by atoms with E-state index in [4.69, 9.17) is 10.5 Å². The maximum Gasteiger partial charge on any atom is 0.222 e. The van der Waals surface area contributed by atoms with E-state index in [1.165, 1.54) is 5.56 Å². The molecule has 0 aliphatic carbocycles. The van der Waals surface area contributed by atoms with E-state index in [9.17, 15) is 4.79 Å². The molecule has 3 N–H and O–H groups in total. The number of ether oxygens (including phenoxy) is 1. The minimum Gasteiger partial charge on any atom is -0.496 e. The van der Waals surface area contributed by atoms with E-state index in [1.54, 1.807) is 14.2 Å². The zero-order valence-electron chi connectivity index (χ0n) is 12.9. The maximum absolute atomic E-state index is 11.6. The molecule has 1 saturated heterocycles. The first kappa shape index (κ1) is 15.8. The number of benzene rings is 1. The minimum atomic E-state index is 0.167. The zero-order valence-corrected chi connectivity index (χ0v) is 12.9. The Morgan fingerprint density at radius 1 is 1.43 bits per heavy atom. The smallest absolute Gasteiger partial charge is 0.222 e. The molecule has 1 aromatic rings. The molecular weight excluding hydrogens is 266 g/mol. The Morgan fingerprint density at radius 3 is 2.71 bits per heavy atom. The number of likely N-dealkylation sites (tertiary alicyclic amines) is 1. The third-order valence-corrected chi connectivity index (χ3v) is 4.18. The van der Waals surface area contributed by atoms with Gasteiger partial charge in [0.05, 0.1) is 7.11 Å². The van der Waals surface area contributed by atoms with Crippen molar-refractivity contribution in [3.8, 4) is 5.75 Å². The van der Waals surface area contributed by atoms with Crippen molar-refractivity contribution >= 4 is 5.91 Å². The molecule has 5 nitrogen and oxygen atoms in total. The van der Waals surface area contributed by atoms with Gasteiger partial charge in [0, 0.05) is 31.6 Å². The molecule has 1 amide bonds. The average molecular weight is 291 g/mol. The van der Waals surface area contributed by atoms with Crippen LogP contribution in [0.4, 0.5) is 0 Å². The van der Waals surface area contributed by atoms with Gasteiger partial charge in [-0.25, -0.2) is 0 Å². The standard InChI is InChI=1S/C16H25N3O2/c1-18-16(20)13-5-7-19(8-6-13)11-12-3-4-14(10-17)15(9-12)21-2/h3-4,9,13H,5-8,10-11,17H2,1-2H3,(H,18,20). The summed E-state index contributed by atoms with van der Waals surface area (Å²) < 4.78 is 5.38. The number of piperidine rings is 1. The average Bonchev–Trinajstić information content (AvgIpc) is 2.54. The molecule has 1 aliphatic rings. The SMILES string of the molecule is CNC(=O)C1CCN(Cc2ccc(CN)c(OC)c2)CC1. The molecule has 2 rings (SSSR count). The molecular formula is C16H25N3O2. The number of rotatable bonds is 5. The first-order valence-electron chi connectivity index (χ1n) is 7.47. The number of methoxy groups -OCH3 is 1. The Hall–Kier alpha value is -1.59. The van der Waals surface area contributed by atoms with Crippen LogP contribution in [0.1, 0.15) is 24.0 Å². The summed E-state index contributed by atoms with van der Waals surface area (Å²) in [4.78, 5) is 14.0. The lowest BCUT2D eigenvalue weighted by atomic mass is 9.95. The van der Waals surface area contributed by atoms with Crippen LogP contribution in [0.2, 0.25) is 0 Å². The van der Waals surface area contributed by atoms with E-state index in [0.29, 0.717) is 6.54 Å². The Bertz CT molecular complexity index is 482. The molecule has 0 bridgehead atoms. The quantitative estimate of drug-likeness (QED) is 0.853. The van der Waals surface area contributed by atoms with Gasteiger partial charge in [-0.1, -0.05) is 12.1 Å². The van der Waals surface area contributed by atoms with E-state index < -0.39 is 0 Å². The normalized spacial score (nSPS) is 16.7. The lowest BCUT2D eigenvalue weighted by Gasteiger charge is -2.31. The summed E-state index contributed by atoms with van der Waals surface area (Å²) in [5.74, 6) is 1.19. The fourth-order valence-corrected chi connectivity index (χ4v) is 2.87. The molecule has 116 valence electrons. The highest BCUT2D eigenvalue weighted by Gasteiger charge is 2.24. The summed E-state index contributed by atoms with van der Waals surface area (Å²) in [5.41, 5.74) is 7.94. The molecule has 1 fully saturated rings. The molecule has 1 aliphatic heterocycles. The van der Waals surface area contributed by atoms with E-state index in [-0.39, 0.29) is 11.8 Å². The van der Waals surface area contributed by atoms with Crippen molar-refractivity contribution in [3.05, 3.63) is 29.3 Å². The summed E-state index contributed by atoms with van der Waals surface area (Å²) in [6.45, 7) is 3.29. The molecule has 1 heterocycles. The zero-order chi connectivity index (χ0) is 15.2. The number of carbonyl (C=O) groups is 1. The Balaban J connectivity index is 1.93. The van der Waals surface area contributed by atoms with Crippen molar-refractivity contribution < 1.29 is 9.53 Å². The fraction of sp³-hybridized carbons (Fsp3) is 0.562. The number of hydrogen-bond acceptors (Lipinski definition) is 4. The summed E-state index contributed by atoms with van der Waals surface area (Å²) in [6.07, 6.45) is 1.86. The second-order valence-corrected chi connectivity index (χ2v) is 5.51. The minimum absolute atomic E-state index is 0.167. The van der Waals surface area contributed by atoms with Crippen molar-refractivity contribution in [2.45, 2.75) is 25.9 Å². The van der Waals surface area contributed by atoms with Gasteiger partial charge in [0.25, 0.3) is 0 Å². The van der Waals surface area contributed by atoms with E-state index in [2.05, 4.69) is 22.3 Å². The third kappa shape index (κ3) is 3.95. The van der Waals surface area contributed by atoms with Crippen LogP contribution in [-0.2, 0) is 17.9 Å². The van der Waals surface area contributed by atoms with Gasteiger partial charge in [0.2, 0.25) is 5.91 Å². The van der Waals surface area contributed by atoms with Crippen LogP contribution in [-0.4, -0.2) is 38.1 Å². The highest BCUT2D eigenvalue weighted by atomic mass is 16.5. The van der Waals surface area contributed by atoms with Gasteiger partial charge in [-0.3, -0.25) is 9.69 Å². The van der Waals surface area contributed by atoms with Crippen LogP contribution >= 0.6 is 0 Å². The van der Waals surface area contributed by atoms with Crippen LogP contribution in [0.25, 0.3) is 0 Å². The molecule has 0 spiro atoms. The monoisotopic (exact) mass is 291 g/mol. The largest absolute Gasteiger partial charge is 0.496 e. The lowest BCUT2D eigenvalue weighted by molar-refractivity contribution is -0.125. The van der Waals surface area contributed by atoms with Crippen molar-refractivity contribution in [1.29, 1.82) is 0 Å². The maximum atomic E-state index is 11.6. The molecule has 5 heteroatoms. The first-order valence-corrected chi connectivity index (χ1v) is 7.47. The van der Waals surface area contributed by atoms with Crippen molar-refractivity contribution in [2.24, 2.45) is 11.7 Å².